The van der Waals surface area contributed by atoms with Gasteiger partial charge in [0.25, 0.3) is 0 Å². The maximum Gasteiger partial charge on any atom is 0.0470 e. The van der Waals surface area contributed by atoms with Crippen LogP contribution in [0.4, 0.5) is 0 Å². The molecule has 2 aromatic rings. The topological polar surface area (TPSA) is 30.9 Å². The molecule has 78 valence electrons. The van der Waals surface area contributed by atoms with Gasteiger partial charge in [0, 0.05) is 25.5 Å². The Hall–Kier alpha value is -1.54. The van der Waals surface area contributed by atoms with Gasteiger partial charge in [-0.15, -0.1) is 0 Å². The van der Waals surface area contributed by atoms with Gasteiger partial charge in [0.1, 0.15) is 0 Å². The van der Waals surface area contributed by atoms with E-state index in [9.17, 15) is 0 Å². The molecule has 0 saturated carbocycles. The van der Waals surface area contributed by atoms with E-state index in [2.05, 4.69) is 54.2 Å². The summed E-state index contributed by atoms with van der Waals surface area (Å²) < 4.78 is 2.16. The molecule has 0 aliphatic carbocycles. The highest BCUT2D eigenvalue weighted by Gasteiger charge is 1.96. The quantitative estimate of drug-likeness (QED) is 0.809. The van der Waals surface area contributed by atoms with Crippen molar-refractivity contribution in [2.75, 3.05) is 0 Å². The van der Waals surface area contributed by atoms with Crippen LogP contribution in [-0.2, 0) is 13.1 Å². The molecule has 0 bridgehead atoms. The Balaban J connectivity index is 2.11. The van der Waals surface area contributed by atoms with E-state index in [0.29, 0.717) is 6.54 Å². The lowest BCUT2D eigenvalue weighted by molar-refractivity contribution is 0.801. The van der Waals surface area contributed by atoms with Gasteiger partial charge in [0.15, 0.2) is 0 Å². The number of rotatable bonds is 3. The van der Waals surface area contributed by atoms with Gasteiger partial charge in [0.05, 0.1) is 0 Å². The Kier molecular flexibility index (Phi) is 2.88. The Morgan fingerprint density at radius 3 is 2.40 bits per heavy atom. The molecule has 0 aliphatic rings. The summed E-state index contributed by atoms with van der Waals surface area (Å²) in [5.74, 6) is 0. The zero-order valence-electron chi connectivity index (χ0n) is 8.98. The number of benzene rings is 1. The summed E-state index contributed by atoms with van der Waals surface area (Å²) in [6, 6.07) is 10.7. The molecular weight excluding hydrogens is 184 g/mol. The number of hydrogen-bond donors (Lipinski definition) is 1. The maximum atomic E-state index is 5.56. The predicted octanol–water partition coefficient (Wildman–Crippen LogP) is 2.30. The smallest absolute Gasteiger partial charge is 0.0470 e. The van der Waals surface area contributed by atoms with E-state index in [1.807, 2.05) is 0 Å². The fraction of sp³-hybridized carbons (Fsp3) is 0.231. The number of nitrogens with zero attached hydrogens (tertiary/aromatic N) is 1. The first kappa shape index (κ1) is 9.99. The molecule has 0 saturated heterocycles. The molecule has 0 amide bonds. The van der Waals surface area contributed by atoms with Gasteiger partial charge in [-0.1, -0.05) is 29.8 Å². The third-order valence-electron chi connectivity index (χ3n) is 2.53. The Morgan fingerprint density at radius 2 is 1.80 bits per heavy atom. The van der Waals surface area contributed by atoms with E-state index in [1.165, 1.54) is 16.7 Å². The molecule has 0 radical (unpaired) electrons. The third kappa shape index (κ3) is 2.48. The summed E-state index contributed by atoms with van der Waals surface area (Å²) in [7, 11) is 0. The van der Waals surface area contributed by atoms with Crippen LogP contribution in [0.3, 0.4) is 0 Å². The number of hydrogen-bond acceptors (Lipinski definition) is 1. The third-order valence-corrected chi connectivity index (χ3v) is 2.53. The lowest BCUT2D eigenvalue weighted by Crippen LogP contribution is -1.97. The van der Waals surface area contributed by atoms with Crippen LogP contribution in [0.25, 0.3) is 0 Å². The second kappa shape index (κ2) is 4.32. The maximum absolute atomic E-state index is 5.56. The van der Waals surface area contributed by atoms with Crippen LogP contribution in [0.15, 0.2) is 42.7 Å². The largest absolute Gasteiger partial charge is 0.350 e. The standard InChI is InChI=1S/C13H16N2/c1-11-2-4-12(5-3-11)9-15-7-6-13(8-14)10-15/h2-7,10H,8-9,14H2,1H3. The Labute approximate surface area is 90.3 Å². The van der Waals surface area contributed by atoms with Gasteiger partial charge in [-0.3, -0.25) is 0 Å². The molecular formula is C13H16N2. The average Bonchev–Trinajstić information content (AvgIpc) is 2.69. The molecule has 15 heavy (non-hydrogen) atoms. The SMILES string of the molecule is Cc1ccc(Cn2ccc(CN)c2)cc1. The zero-order chi connectivity index (χ0) is 10.7. The summed E-state index contributed by atoms with van der Waals surface area (Å²) in [5, 5.41) is 0. The number of aryl methyl sites for hydroxylation is 1. The van der Waals surface area contributed by atoms with Gasteiger partial charge < -0.3 is 10.3 Å². The molecule has 0 atom stereocenters. The Bertz CT molecular complexity index is 426. The second-order valence-corrected chi connectivity index (χ2v) is 3.88. The fourth-order valence-electron chi connectivity index (χ4n) is 1.61. The molecule has 2 nitrogen and oxygen atoms in total. The summed E-state index contributed by atoms with van der Waals surface area (Å²) in [4.78, 5) is 0. The highest BCUT2D eigenvalue weighted by Crippen LogP contribution is 2.07. The van der Waals surface area contributed by atoms with Crippen molar-refractivity contribution in [2.24, 2.45) is 5.73 Å². The van der Waals surface area contributed by atoms with Crippen molar-refractivity contribution in [3.63, 3.8) is 0 Å². The molecule has 2 rings (SSSR count). The summed E-state index contributed by atoms with van der Waals surface area (Å²) in [5.41, 5.74) is 9.36. The molecule has 0 spiro atoms. The minimum absolute atomic E-state index is 0.612. The van der Waals surface area contributed by atoms with E-state index in [4.69, 9.17) is 5.73 Å². The van der Waals surface area contributed by atoms with Crippen molar-refractivity contribution in [3.8, 4) is 0 Å². The summed E-state index contributed by atoms with van der Waals surface area (Å²) in [6.07, 6.45) is 4.17. The van der Waals surface area contributed by atoms with Gasteiger partial charge in [0.2, 0.25) is 0 Å². The first-order chi connectivity index (χ1) is 7.28. The molecule has 0 unspecified atom stereocenters. The zero-order valence-corrected chi connectivity index (χ0v) is 8.98. The van der Waals surface area contributed by atoms with Gasteiger partial charge in [-0.2, -0.15) is 0 Å². The summed E-state index contributed by atoms with van der Waals surface area (Å²) in [6.45, 7) is 3.63. The van der Waals surface area contributed by atoms with Crippen molar-refractivity contribution < 1.29 is 0 Å². The first-order valence-electron chi connectivity index (χ1n) is 5.18. The van der Waals surface area contributed by atoms with Gasteiger partial charge in [-0.25, -0.2) is 0 Å². The van der Waals surface area contributed by atoms with E-state index in [1.54, 1.807) is 0 Å². The fourth-order valence-corrected chi connectivity index (χ4v) is 1.61. The summed E-state index contributed by atoms with van der Waals surface area (Å²) >= 11 is 0. The van der Waals surface area contributed by atoms with E-state index >= 15 is 0 Å². The molecule has 1 aromatic heterocycles. The van der Waals surface area contributed by atoms with E-state index in [-0.39, 0.29) is 0 Å². The van der Waals surface area contributed by atoms with Crippen LogP contribution in [-0.4, -0.2) is 4.57 Å². The minimum atomic E-state index is 0.612. The lowest BCUT2D eigenvalue weighted by Gasteiger charge is -2.03. The van der Waals surface area contributed by atoms with Gasteiger partial charge >= 0.3 is 0 Å². The van der Waals surface area contributed by atoms with Crippen LogP contribution in [0.5, 0.6) is 0 Å². The molecule has 2 N–H and O–H groups in total. The monoisotopic (exact) mass is 200 g/mol. The first-order valence-corrected chi connectivity index (χ1v) is 5.18. The van der Waals surface area contributed by atoms with Crippen LogP contribution >= 0.6 is 0 Å². The average molecular weight is 200 g/mol. The molecule has 0 aliphatic heterocycles. The highest BCUT2D eigenvalue weighted by atomic mass is 14.9. The van der Waals surface area contributed by atoms with E-state index < -0.39 is 0 Å². The minimum Gasteiger partial charge on any atom is -0.350 e. The van der Waals surface area contributed by atoms with Crippen LogP contribution in [0, 0.1) is 6.92 Å². The van der Waals surface area contributed by atoms with E-state index in [0.717, 1.165) is 6.54 Å². The normalized spacial score (nSPS) is 10.5. The van der Waals surface area contributed by atoms with Crippen LogP contribution in [0.1, 0.15) is 16.7 Å². The van der Waals surface area contributed by atoms with Crippen molar-refractivity contribution in [1.29, 1.82) is 0 Å². The molecule has 1 heterocycles. The molecule has 0 fully saturated rings. The van der Waals surface area contributed by atoms with Crippen molar-refractivity contribution in [2.45, 2.75) is 20.0 Å². The van der Waals surface area contributed by atoms with Crippen molar-refractivity contribution in [1.82, 2.24) is 4.57 Å². The van der Waals surface area contributed by atoms with Crippen molar-refractivity contribution in [3.05, 3.63) is 59.4 Å². The van der Waals surface area contributed by atoms with Crippen molar-refractivity contribution >= 4 is 0 Å². The second-order valence-electron chi connectivity index (χ2n) is 3.88. The van der Waals surface area contributed by atoms with Crippen LogP contribution < -0.4 is 5.73 Å². The molecule has 2 heteroatoms. The van der Waals surface area contributed by atoms with Gasteiger partial charge in [-0.05, 0) is 24.1 Å². The van der Waals surface area contributed by atoms with Crippen LogP contribution in [0.2, 0.25) is 0 Å². The Morgan fingerprint density at radius 1 is 1.07 bits per heavy atom. The molecule has 1 aromatic carbocycles. The lowest BCUT2D eigenvalue weighted by atomic mass is 10.1. The predicted molar refractivity (Wildman–Crippen MR) is 62.6 cm³/mol. The number of nitrogens with two attached hydrogens (primary N) is 1. The number of aromatic nitrogens is 1. The highest BCUT2D eigenvalue weighted by molar-refractivity contribution is 5.22.